The molecule has 1 fully saturated rings. The second kappa shape index (κ2) is 6.57. The Balaban J connectivity index is 1.71. The minimum atomic E-state index is 0.197. The maximum Gasteiger partial charge on any atom is 0.225 e. The first kappa shape index (κ1) is 13.9. The van der Waals surface area contributed by atoms with Gasteiger partial charge in [0.2, 0.25) is 5.95 Å². The first-order chi connectivity index (χ1) is 10.3. The molecule has 0 aliphatic carbocycles. The Labute approximate surface area is 126 Å². The molecule has 4 heteroatoms. The van der Waals surface area contributed by atoms with Crippen molar-refractivity contribution in [1.82, 2.24) is 9.97 Å². The van der Waals surface area contributed by atoms with E-state index >= 15 is 0 Å². The van der Waals surface area contributed by atoms with Gasteiger partial charge < -0.3 is 10.2 Å². The van der Waals surface area contributed by atoms with Gasteiger partial charge in [-0.05, 0) is 37.8 Å². The molecule has 0 radical (unpaired) electrons. The van der Waals surface area contributed by atoms with E-state index in [0.717, 1.165) is 18.9 Å². The zero-order chi connectivity index (χ0) is 14.5. The molecule has 1 aliphatic heterocycles. The van der Waals surface area contributed by atoms with Gasteiger partial charge in [-0.15, -0.1) is 0 Å². The second-order valence-electron chi connectivity index (χ2n) is 5.56. The van der Waals surface area contributed by atoms with Crippen molar-refractivity contribution >= 4 is 11.8 Å². The first-order valence-electron chi connectivity index (χ1n) is 7.72. The number of hydrogen-bond donors (Lipinski definition) is 1. The first-order valence-corrected chi connectivity index (χ1v) is 7.72. The van der Waals surface area contributed by atoms with Crippen molar-refractivity contribution in [2.24, 2.45) is 0 Å². The van der Waals surface area contributed by atoms with E-state index in [1.54, 1.807) is 0 Å². The maximum absolute atomic E-state index is 4.67. The molecule has 1 aromatic carbocycles. The van der Waals surface area contributed by atoms with Crippen LogP contribution in [0.2, 0.25) is 0 Å². The highest BCUT2D eigenvalue weighted by Crippen LogP contribution is 2.20. The summed E-state index contributed by atoms with van der Waals surface area (Å²) in [5, 5.41) is 3.39. The van der Waals surface area contributed by atoms with Gasteiger partial charge in [0.05, 0.1) is 6.04 Å². The molecule has 1 aliphatic rings. The van der Waals surface area contributed by atoms with Gasteiger partial charge in [-0.25, -0.2) is 4.98 Å². The van der Waals surface area contributed by atoms with Crippen molar-refractivity contribution < 1.29 is 0 Å². The molecular formula is C17H22N4. The van der Waals surface area contributed by atoms with Crippen LogP contribution >= 0.6 is 0 Å². The van der Waals surface area contributed by atoms with Crippen LogP contribution in [0, 0.1) is 0 Å². The summed E-state index contributed by atoms with van der Waals surface area (Å²) >= 11 is 0. The minimum Gasteiger partial charge on any atom is -0.356 e. The maximum atomic E-state index is 4.67. The Hall–Kier alpha value is -2.10. The summed E-state index contributed by atoms with van der Waals surface area (Å²) in [5.74, 6) is 1.74. The lowest BCUT2D eigenvalue weighted by Crippen LogP contribution is -2.30. The lowest BCUT2D eigenvalue weighted by Gasteiger charge is -2.28. The number of aromatic nitrogens is 2. The number of nitrogens with one attached hydrogen (secondary N) is 1. The summed E-state index contributed by atoms with van der Waals surface area (Å²) in [6.07, 6.45) is 5.69. The highest BCUT2D eigenvalue weighted by atomic mass is 15.2. The van der Waals surface area contributed by atoms with Gasteiger partial charge in [-0.3, -0.25) is 0 Å². The molecule has 0 spiro atoms. The van der Waals surface area contributed by atoms with Crippen molar-refractivity contribution in [3.05, 3.63) is 48.2 Å². The largest absolute Gasteiger partial charge is 0.356 e. The number of rotatable bonds is 4. The van der Waals surface area contributed by atoms with Crippen molar-refractivity contribution in [3.63, 3.8) is 0 Å². The predicted octanol–water partition coefficient (Wildman–Crippen LogP) is 3.64. The molecular weight excluding hydrogens is 260 g/mol. The van der Waals surface area contributed by atoms with Crippen LogP contribution < -0.4 is 10.2 Å². The molecule has 21 heavy (non-hydrogen) atoms. The number of hydrogen-bond acceptors (Lipinski definition) is 4. The number of benzene rings is 1. The van der Waals surface area contributed by atoms with Gasteiger partial charge in [-0.1, -0.05) is 30.3 Å². The van der Waals surface area contributed by atoms with Crippen molar-refractivity contribution in [3.8, 4) is 0 Å². The molecule has 2 aromatic rings. The normalized spacial score (nSPS) is 16.5. The third-order valence-electron chi connectivity index (χ3n) is 3.97. The van der Waals surface area contributed by atoms with Gasteiger partial charge in [-0.2, -0.15) is 4.98 Å². The van der Waals surface area contributed by atoms with Crippen LogP contribution in [-0.2, 0) is 0 Å². The van der Waals surface area contributed by atoms with Gasteiger partial charge in [0.25, 0.3) is 0 Å². The molecule has 110 valence electrons. The average molecular weight is 282 g/mol. The van der Waals surface area contributed by atoms with Crippen molar-refractivity contribution in [2.45, 2.75) is 32.2 Å². The molecule has 1 unspecified atom stereocenters. The van der Waals surface area contributed by atoms with Gasteiger partial charge >= 0.3 is 0 Å². The van der Waals surface area contributed by atoms with E-state index in [1.807, 2.05) is 18.3 Å². The van der Waals surface area contributed by atoms with Crippen LogP contribution in [0.15, 0.2) is 42.6 Å². The van der Waals surface area contributed by atoms with Crippen LogP contribution in [0.3, 0.4) is 0 Å². The lowest BCUT2D eigenvalue weighted by molar-refractivity contribution is 0.573. The van der Waals surface area contributed by atoms with E-state index < -0.39 is 0 Å². The summed E-state index contributed by atoms with van der Waals surface area (Å²) in [4.78, 5) is 11.4. The molecule has 0 saturated carbocycles. The number of piperidine rings is 1. The van der Waals surface area contributed by atoms with Crippen molar-refractivity contribution in [2.75, 3.05) is 23.3 Å². The Morgan fingerprint density at radius 1 is 1.05 bits per heavy atom. The molecule has 0 amide bonds. The smallest absolute Gasteiger partial charge is 0.225 e. The quantitative estimate of drug-likeness (QED) is 0.929. The predicted molar refractivity (Wildman–Crippen MR) is 86.6 cm³/mol. The zero-order valence-corrected chi connectivity index (χ0v) is 12.5. The Kier molecular flexibility index (Phi) is 4.34. The van der Waals surface area contributed by atoms with Gasteiger partial charge in [0.1, 0.15) is 5.82 Å². The van der Waals surface area contributed by atoms with Gasteiger partial charge in [0, 0.05) is 19.3 Å². The molecule has 4 nitrogen and oxygen atoms in total. The van der Waals surface area contributed by atoms with E-state index in [-0.39, 0.29) is 6.04 Å². The second-order valence-corrected chi connectivity index (χ2v) is 5.56. The fourth-order valence-corrected chi connectivity index (χ4v) is 2.74. The Morgan fingerprint density at radius 3 is 2.57 bits per heavy atom. The van der Waals surface area contributed by atoms with Crippen molar-refractivity contribution in [1.29, 1.82) is 0 Å². The van der Waals surface area contributed by atoms with Crippen LogP contribution in [0.4, 0.5) is 11.8 Å². The third-order valence-corrected chi connectivity index (χ3v) is 3.97. The summed E-state index contributed by atoms with van der Waals surface area (Å²) in [6, 6.07) is 12.6. The number of anilines is 2. The van der Waals surface area contributed by atoms with Gasteiger partial charge in [0.15, 0.2) is 0 Å². The fraction of sp³-hybridized carbons (Fsp3) is 0.412. The topological polar surface area (TPSA) is 41.1 Å². The Bertz CT molecular complexity index is 564. The average Bonchev–Trinajstić information content (AvgIpc) is 2.57. The summed E-state index contributed by atoms with van der Waals surface area (Å²) in [7, 11) is 0. The van der Waals surface area contributed by atoms with E-state index in [0.29, 0.717) is 5.95 Å². The van der Waals surface area contributed by atoms with Crippen LogP contribution in [-0.4, -0.2) is 23.1 Å². The summed E-state index contributed by atoms with van der Waals surface area (Å²) in [5.41, 5.74) is 1.24. The molecule has 2 heterocycles. The molecule has 1 N–H and O–H groups in total. The molecule has 1 saturated heterocycles. The Morgan fingerprint density at radius 2 is 1.81 bits per heavy atom. The van der Waals surface area contributed by atoms with E-state index in [1.165, 1.54) is 24.8 Å². The van der Waals surface area contributed by atoms with E-state index in [9.17, 15) is 0 Å². The lowest BCUT2D eigenvalue weighted by atomic mass is 10.1. The molecule has 1 aromatic heterocycles. The van der Waals surface area contributed by atoms with E-state index in [4.69, 9.17) is 0 Å². The molecule has 1 atom stereocenters. The van der Waals surface area contributed by atoms with Crippen LogP contribution in [0.5, 0.6) is 0 Å². The highest BCUT2D eigenvalue weighted by molar-refractivity contribution is 5.43. The monoisotopic (exact) mass is 282 g/mol. The zero-order valence-electron chi connectivity index (χ0n) is 12.5. The summed E-state index contributed by atoms with van der Waals surface area (Å²) < 4.78 is 0. The van der Waals surface area contributed by atoms with Crippen LogP contribution in [0.1, 0.15) is 37.8 Å². The molecule has 0 bridgehead atoms. The number of nitrogens with zero attached hydrogens (tertiary/aromatic N) is 3. The third kappa shape index (κ3) is 3.51. The van der Waals surface area contributed by atoms with E-state index in [2.05, 4.69) is 51.4 Å². The SMILES string of the molecule is CC(Nc1nccc(N2CCCCC2)n1)c1ccccc1. The molecule has 3 rings (SSSR count). The van der Waals surface area contributed by atoms with Crippen LogP contribution in [0.25, 0.3) is 0 Å². The summed E-state index contributed by atoms with van der Waals surface area (Å²) in [6.45, 7) is 4.33. The minimum absolute atomic E-state index is 0.197. The standard InChI is InChI=1S/C17H22N4/c1-14(15-8-4-2-5-9-15)19-17-18-11-10-16(20-17)21-12-6-3-7-13-21/h2,4-5,8-11,14H,3,6-7,12-13H2,1H3,(H,18,19,20). The highest BCUT2D eigenvalue weighted by Gasteiger charge is 2.13. The fourth-order valence-electron chi connectivity index (χ4n) is 2.74.